The van der Waals surface area contributed by atoms with Gasteiger partial charge in [0.2, 0.25) is 11.7 Å². The maximum Gasteiger partial charge on any atom is 0.471 e. The minimum Gasteiger partial charge on any atom is -0.329 e. The molecule has 0 aliphatic heterocycles. The van der Waals surface area contributed by atoms with Crippen LogP contribution in [0.15, 0.2) is 28.8 Å². The average molecular weight is 324 g/mol. The molecule has 0 unspecified atom stereocenters. The maximum absolute atomic E-state index is 12.4. The third kappa shape index (κ3) is 3.66. The summed E-state index contributed by atoms with van der Waals surface area (Å²) in [6.07, 6.45) is -4.71. The number of anilines is 1. The van der Waals surface area contributed by atoms with Crippen LogP contribution in [-0.4, -0.2) is 16.0 Å². The summed E-state index contributed by atoms with van der Waals surface area (Å²) in [4.78, 5) is 15.1. The van der Waals surface area contributed by atoms with Gasteiger partial charge >= 0.3 is 12.1 Å². The number of nitrogens with zero attached hydrogens (tertiary/aromatic N) is 3. The summed E-state index contributed by atoms with van der Waals surface area (Å²) in [5, 5.41) is 14.7. The van der Waals surface area contributed by atoms with Crippen molar-refractivity contribution in [3.8, 4) is 17.5 Å². The van der Waals surface area contributed by atoms with E-state index in [0.717, 1.165) is 0 Å². The number of halogens is 3. The van der Waals surface area contributed by atoms with Gasteiger partial charge in [0.05, 0.1) is 6.07 Å². The van der Waals surface area contributed by atoms with Gasteiger partial charge in [0.15, 0.2) is 0 Å². The van der Waals surface area contributed by atoms with Crippen molar-refractivity contribution in [1.29, 1.82) is 5.26 Å². The third-order valence-corrected chi connectivity index (χ3v) is 2.92. The second-order valence-electron chi connectivity index (χ2n) is 5.19. The van der Waals surface area contributed by atoms with Gasteiger partial charge in [0.25, 0.3) is 0 Å². The van der Waals surface area contributed by atoms with Crippen LogP contribution in [-0.2, 0) is 11.0 Å². The van der Waals surface area contributed by atoms with Crippen LogP contribution < -0.4 is 5.32 Å². The molecule has 2 aromatic rings. The third-order valence-electron chi connectivity index (χ3n) is 2.92. The largest absolute Gasteiger partial charge is 0.471 e. The summed E-state index contributed by atoms with van der Waals surface area (Å²) >= 11 is 0. The second kappa shape index (κ2) is 5.72. The van der Waals surface area contributed by atoms with E-state index in [2.05, 4.69) is 20.0 Å². The standard InChI is InChI=1S/C14H11F3N4O2/c1-13(2,7-18)11(22)19-9-5-3-8(4-6-9)10-20-12(23-21-10)14(15,16)17/h3-6H,1-2H3,(H,19,22). The Kier molecular flexibility index (Phi) is 4.10. The Balaban J connectivity index is 2.16. The van der Waals surface area contributed by atoms with Crippen molar-refractivity contribution in [3.63, 3.8) is 0 Å². The minimum absolute atomic E-state index is 0.215. The number of amides is 1. The van der Waals surface area contributed by atoms with Gasteiger partial charge in [-0.3, -0.25) is 4.79 Å². The maximum atomic E-state index is 12.4. The first-order valence-corrected chi connectivity index (χ1v) is 6.37. The number of benzene rings is 1. The highest BCUT2D eigenvalue weighted by Crippen LogP contribution is 2.29. The van der Waals surface area contributed by atoms with Crippen molar-refractivity contribution in [1.82, 2.24) is 10.1 Å². The quantitative estimate of drug-likeness (QED) is 0.935. The van der Waals surface area contributed by atoms with Gasteiger partial charge in [0.1, 0.15) is 5.41 Å². The summed E-state index contributed by atoms with van der Waals surface area (Å²) in [5.41, 5.74) is -0.517. The van der Waals surface area contributed by atoms with Crippen molar-refractivity contribution in [3.05, 3.63) is 30.2 Å². The molecule has 0 saturated carbocycles. The molecular weight excluding hydrogens is 313 g/mol. The lowest BCUT2D eigenvalue weighted by Gasteiger charge is -2.14. The van der Waals surface area contributed by atoms with Crippen molar-refractivity contribution >= 4 is 11.6 Å². The Hall–Kier alpha value is -2.89. The number of alkyl halides is 3. The van der Waals surface area contributed by atoms with Gasteiger partial charge in [-0.05, 0) is 38.1 Å². The Morgan fingerprint density at radius 2 is 1.87 bits per heavy atom. The van der Waals surface area contributed by atoms with E-state index in [1.165, 1.54) is 38.1 Å². The van der Waals surface area contributed by atoms with Gasteiger partial charge in [-0.1, -0.05) is 5.16 Å². The van der Waals surface area contributed by atoms with E-state index in [1.54, 1.807) is 0 Å². The van der Waals surface area contributed by atoms with Crippen molar-refractivity contribution in [2.45, 2.75) is 20.0 Å². The summed E-state index contributed by atoms with van der Waals surface area (Å²) in [6.45, 7) is 2.93. The van der Waals surface area contributed by atoms with Crippen LogP contribution in [0.5, 0.6) is 0 Å². The predicted molar refractivity (Wildman–Crippen MR) is 72.8 cm³/mol. The number of carbonyl (C=O) groups is 1. The molecule has 9 heteroatoms. The first-order valence-electron chi connectivity index (χ1n) is 6.37. The normalized spacial score (nSPS) is 11.8. The molecule has 0 radical (unpaired) electrons. The van der Waals surface area contributed by atoms with E-state index in [-0.39, 0.29) is 5.82 Å². The number of rotatable bonds is 3. The first-order chi connectivity index (χ1) is 10.6. The SMILES string of the molecule is CC(C)(C#N)C(=O)Nc1ccc(-c2noc(C(F)(F)F)n2)cc1. The molecule has 0 saturated heterocycles. The Labute approximate surface area is 128 Å². The smallest absolute Gasteiger partial charge is 0.329 e. The summed E-state index contributed by atoms with van der Waals surface area (Å²) < 4.78 is 41.3. The zero-order valence-electron chi connectivity index (χ0n) is 12.1. The van der Waals surface area contributed by atoms with Gasteiger partial charge in [-0.2, -0.15) is 23.4 Å². The molecule has 0 spiro atoms. The zero-order chi connectivity index (χ0) is 17.3. The fourth-order valence-corrected chi connectivity index (χ4v) is 1.50. The number of hydrogen-bond donors (Lipinski definition) is 1. The fourth-order valence-electron chi connectivity index (χ4n) is 1.50. The van der Waals surface area contributed by atoms with E-state index >= 15 is 0 Å². The van der Waals surface area contributed by atoms with E-state index in [0.29, 0.717) is 11.3 Å². The molecule has 120 valence electrons. The number of nitriles is 1. The summed E-state index contributed by atoms with van der Waals surface area (Å²) in [5.74, 6) is -2.14. The molecule has 0 aliphatic carbocycles. The zero-order valence-corrected chi connectivity index (χ0v) is 12.1. The van der Waals surface area contributed by atoms with E-state index in [9.17, 15) is 18.0 Å². The van der Waals surface area contributed by atoms with Crippen LogP contribution in [0.1, 0.15) is 19.7 Å². The molecule has 1 amide bonds. The Morgan fingerprint density at radius 1 is 1.26 bits per heavy atom. The highest BCUT2D eigenvalue weighted by Gasteiger charge is 2.38. The van der Waals surface area contributed by atoms with Crippen molar-refractivity contribution in [2.75, 3.05) is 5.32 Å². The second-order valence-corrected chi connectivity index (χ2v) is 5.19. The van der Waals surface area contributed by atoms with Crippen LogP contribution in [0.4, 0.5) is 18.9 Å². The van der Waals surface area contributed by atoms with Crippen LogP contribution in [0, 0.1) is 16.7 Å². The van der Waals surface area contributed by atoms with Gasteiger partial charge in [0, 0.05) is 11.3 Å². The lowest BCUT2D eigenvalue weighted by Crippen LogP contribution is -2.29. The number of hydrogen-bond acceptors (Lipinski definition) is 5. The molecular formula is C14H11F3N4O2. The molecule has 1 aromatic heterocycles. The number of carbonyl (C=O) groups excluding carboxylic acids is 1. The van der Waals surface area contributed by atoms with Crippen LogP contribution in [0.3, 0.4) is 0 Å². The summed E-state index contributed by atoms with van der Waals surface area (Å²) in [7, 11) is 0. The van der Waals surface area contributed by atoms with Gasteiger partial charge in [-0.25, -0.2) is 0 Å². The highest BCUT2D eigenvalue weighted by atomic mass is 19.4. The van der Waals surface area contributed by atoms with Crippen molar-refractivity contribution in [2.24, 2.45) is 5.41 Å². The topological polar surface area (TPSA) is 91.8 Å². The van der Waals surface area contributed by atoms with Gasteiger partial charge < -0.3 is 9.84 Å². The van der Waals surface area contributed by atoms with Crippen LogP contribution in [0.2, 0.25) is 0 Å². The predicted octanol–water partition coefficient (Wildman–Crippen LogP) is 3.24. The monoisotopic (exact) mass is 324 g/mol. The van der Waals surface area contributed by atoms with E-state index in [4.69, 9.17) is 5.26 Å². The summed E-state index contributed by atoms with van der Waals surface area (Å²) in [6, 6.07) is 7.65. The lowest BCUT2D eigenvalue weighted by molar-refractivity contribution is -0.159. The average Bonchev–Trinajstić information content (AvgIpc) is 2.98. The lowest BCUT2D eigenvalue weighted by atomic mass is 9.94. The molecule has 0 aliphatic rings. The number of nitrogens with one attached hydrogen (secondary N) is 1. The first kappa shape index (κ1) is 16.5. The molecule has 6 nitrogen and oxygen atoms in total. The van der Waals surface area contributed by atoms with Crippen molar-refractivity contribution < 1.29 is 22.5 Å². The molecule has 2 rings (SSSR count). The Bertz CT molecular complexity index is 758. The molecule has 0 bridgehead atoms. The molecule has 0 atom stereocenters. The number of aromatic nitrogens is 2. The Morgan fingerprint density at radius 3 is 2.35 bits per heavy atom. The molecule has 1 heterocycles. The van der Waals surface area contributed by atoms with Crippen LogP contribution >= 0.6 is 0 Å². The fraction of sp³-hybridized carbons (Fsp3) is 0.286. The molecule has 1 aromatic carbocycles. The minimum atomic E-state index is -4.71. The van der Waals surface area contributed by atoms with Crippen LogP contribution in [0.25, 0.3) is 11.4 Å². The molecule has 23 heavy (non-hydrogen) atoms. The van der Waals surface area contributed by atoms with E-state index in [1.807, 2.05) is 6.07 Å². The van der Waals surface area contributed by atoms with E-state index < -0.39 is 23.4 Å². The van der Waals surface area contributed by atoms with Gasteiger partial charge in [-0.15, -0.1) is 0 Å². The highest BCUT2D eigenvalue weighted by molar-refractivity contribution is 5.96. The molecule has 1 N–H and O–H groups in total. The molecule has 0 fully saturated rings.